The second-order valence-corrected chi connectivity index (χ2v) is 5.87. The number of ketones is 1. The fourth-order valence-electron chi connectivity index (χ4n) is 2.37. The molecule has 1 aromatic heterocycles. The van der Waals surface area contributed by atoms with Crippen LogP contribution in [0.4, 0.5) is 8.78 Å². The van der Waals surface area contributed by atoms with Gasteiger partial charge < -0.3 is 27.5 Å². The van der Waals surface area contributed by atoms with Crippen LogP contribution in [0.2, 0.25) is 0 Å². The number of hydrogen-bond acceptors (Lipinski definition) is 5. The van der Waals surface area contributed by atoms with Crippen molar-refractivity contribution in [2.24, 2.45) is 4.99 Å². The molecule has 0 saturated heterocycles. The summed E-state index contributed by atoms with van der Waals surface area (Å²) in [5.41, 5.74) is 0.863. The van der Waals surface area contributed by atoms with E-state index in [0.29, 0.717) is 5.56 Å². The van der Waals surface area contributed by atoms with E-state index in [-0.39, 0.29) is 35.3 Å². The van der Waals surface area contributed by atoms with Crippen molar-refractivity contribution >= 4 is 23.5 Å². The molecule has 0 amide bonds. The van der Waals surface area contributed by atoms with E-state index in [0.717, 1.165) is 0 Å². The van der Waals surface area contributed by atoms with Crippen LogP contribution >= 0.6 is 0 Å². The second kappa shape index (κ2) is 9.84. The molecule has 27 heavy (non-hydrogen) atoms. The van der Waals surface area contributed by atoms with Crippen LogP contribution in [-0.2, 0) is 19.2 Å². The van der Waals surface area contributed by atoms with Crippen molar-refractivity contribution in [2.75, 3.05) is 6.54 Å². The van der Waals surface area contributed by atoms with E-state index in [2.05, 4.69) is 16.3 Å². The lowest BCUT2D eigenvalue weighted by Gasteiger charge is -2.19. The highest BCUT2D eigenvalue weighted by Crippen LogP contribution is 2.18. The molecule has 1 aromatic carbocycles. The SMILES string of the molecule is C=CCN=C([S-])C(C(=O)c1ccc(OC(F)F)cc1)[n+]1cccc(CO)c1. The maximum absolute atomic E-state index is 13.0. The van der Waals surface area contributed by atoms with Gasteiger partial charge in [-0.15, -0.1) is 6.58 Å². The predicted octanol–water partition coefficient (Wildman–Crippen LogP) is 2.62. The fraction of sp³-hybridized carbons (Fsp3) is 0.211. The predicted molar refractivity (Wildman–Crippen MR) is 98.9 cm³/mol. The van der Waals surface area contributed by atoms with Crippen LogP contribution in [0.3, 0.4) is 0 Å². The summed E-state index contributed by atoms with van der Waals surface area (Å²) in [5.74, 6) is -0.413. The molecule has 1 unspecified atom stereocenters. The summed E-state index contributed by atoms with van der Waals surface area (Å²) >= 11 is 5.32. The van der Waals surface area contributed by atoms with E-state index >= 15 is 0 Å². The molecule has 0 fully saturated rings. The highest BCUT2D eigenvalue weighted by molar-refractivity contribution is 7.77. The zero-order chi connectivity index (χ0) is 19.8. The van der Waals surface area contributed by atoms with Crippen molar-refractivity contribution in [3.63, 3.8) is 0 Å². The molecule has 142 valence electrons. The number of Topliss-reactive ketones (excluding diaryl/α,β-unsaturated/α-hetero) is 1. The van der Waals surface area contributed by atoms with Gasteiger partial charge in [-0.25, -0.2) is 0 Å². The van der Waals surface area contributed by atoms with Crippen LogP contribution in [0.1, 0.15) is 22.0 Å². The fourth-order valence-corrected chi connectivity index (χ4v) is 2.68. The van der Waals surface area contributed by atoms with Crippen molar-refractivity contribution in [3.05, 3.63) is 72.6 Å². The lowest BCUT2D eigenvalue weighted by Crippen LogP contribution is -2.48. The number of alkyl halides is 2. The Balaban J connectivity index is 2.39. The Morgan fingerprint density at radius 3 is 2.63 bits per heavy atom. The molecule has 2 aromatic rings. The normalized spacial score (nSPS) is 12.7. The number of carbonyl (C=O) groups is 1. The molecule has 0 aliphatic rings. The Morgan fingerprint density at radius 1 is 1.33 bits per heavy atom. The zero-order valence-electron chi connectivity index (χ0n) is 14.3. The molecule has 5 nitrogen and oxygen atoms in total. The first-order valence-electron chi connectivity index (χ1n) is 7.98. The minimum atomic E-state index is -2.94. The number of pyridine rings is 1. The summed E-state index contributed by atoms with van der Waals surface area (Å²) in [6.07, 6.45) is 4.80. The minimum Gasteiger partial charge on any atom is -0.758 e. The second-order valence-electron chi connectivity index (χ2n) is 5.45. The summed E-state index contributed by atoms with van der Waals surface area (Å²) in [7, 11) is 0. The van der Waals surface area contributed by atoms with E-state index in [4.69, 9.17) is 12.6 Å². The quantitative estimate of drug-likeness (QED) is 0.178. The highest BCUT2D eigenvalue weighted by atomic mass is 32.1. The van der Waals surface area contributed by atoms with Gasteiger partial charge in [-0.2, -0.15) is 13.3 Å². The number of hydrogen-bond donors (Lipinski definition) is 1. The largest absolute Gasteiger partial charge is 0.758 e. The first-order chi connectivity index (χ1) is 13.0. The van der Waals surface area contributed by atoms with Crippen LogP contribution in [0.15, 0.2) is 66.4 Å². The van der Waals surface area contributed by atoms with Crippen LogP contribution in [0, 0.1) is 0 Å². The molecule has 2 rings (SSSR count). The van der Waals surface area contributed by atoms with E-state index in [9.17, 15) is 18.7 Å². The number of benzene rings is 1. The van der Waals surface area contributed by atoms with E-state index in [1.807, 2.05) is 0 Å². The van der Waals surface area contributed by atoms with Gasteiger partial charge in [0.15, 0.2) is 12.4 Å². The maximum atomic E-state index is 13.0. The average Bonchev–Trinajstić information content (AvgIpc) is 2.66. The molecule has 0 radical (unpaired) electrons. The van der Waals surface area contributed by atoms with Gasteiger partial charge >= 0.3 is 6.61 Å². The molecule has 0 aliphatic carbocycles. The van der Waals surface area contributed by atoms with Crippen LogP contribution < -0.4 is 9.30 Å². The summed E-state index contributed by atoms with van der Waals surface area (Å²) in [4.78, 5) is 17.2. The molecule has 0 aliphatic heterocycles. The smallest absolute Gasteiger partial charge is 0.387 e. The summed E-state index contributed by atoms with van der Waals surface area (Å²) in [6.45, 7) is 0.689. The number of aliphatic hydroxyl groups is 1. The Bertz CT molecular complexity index is 826. The van der Waals surface area contributed by atoms with Gasteiger partial charge in [0.1, 0.15) is 5.75 Å². The molecule has 0 spiro atoms. The molecule has 1 heterocycles. The van der Waals surface area contributed by atoms with Crippen molar-refractivity contribution in [2.45, 2.75) is 19.3 Å². The maximum Gasteiger partial charge on any atom is 0.387 e. The van der Waals surface area contributed by atoms with Gasteiger partial charge in [0.2, 0.25) is 11.8 Å². The zero-order valence-corrected chi connectivity index (χ0v) is 15.1. The van der Waals surface area contributed by atoms with Crippen molar-refractivity contribution < 1.29 is 28.0 Å². The molecular weight excluding hydrogens is 374 g/mol. The Hall–Kier alpha value is -2.71. The van der Waals surface area contributed by atoms with Gasteiger partial charge in [-0.3, -0.25) is 4.79 Å². The summed E-state index contributed by atoms with van der Waals surface area (Å²) in [6, 6.07) is 7.82. The minimum absolute atomic E-state index is 0.0491. The molecular formula is C19H18F2N2O3S. The van der Waals surface area contributed by atoms with Gasteiger partial charge in [0.05, 0.1) is 13.2 Å². The van der Waals surface area contributed by atoms with Crippen molar-refractivity contribution in [1.29, 1.82) is 0 Å². The standard InChI is InChI=1S/C19H18F2N2O3S/c1-2-9-22-18(27)16(23-10-3-4-13(11-23)12-24)17(25)14-5-7-15(8-6-14)26-19(20)21/h2-8,10-11,16,19,24H,1,9,12H2. The number of ether oxygens (including phenoxy) is 1. The molecule has 8 heteroatoms. The lowest BCUT2D eigenvalue weighted by molar-refractivity contribution is -0.692. The average molecular weight is 392 g/mol. The molecule has 0 bridgehead atoms. The third-order valence-corrected chi connectivity index (χ3v) is 3.94. The third-order valence-electron chi connectivity index (χ3n) is 3.59. The van der Waals surface area contributed by atoms with Crippen LogP contribution in [-0.4, -0.2) is 29.1 Å². The third kappa shape index (κ3) is 5.63. The van der Waals surface area contributed by atoms with Crippen LogP contribution in [0.25, 0.3) is 0 Å². The van der Waals surface area contributed by atoms with E-state index < -0.39 is 12.7 Å². The van der Waals surface area contributed by atoms with Gasteiger partial charge in [-0.05, 0) is 35.4 Å². The highest BCUT2D eigenvalue weighted by Gasteiger charge is 2.28. The lowest BCUT2D eigenvalue weighted by atomic mass is 10.0. The molecule has 1 atom stereocenters. The van der Waals surface area contributed by atoms with Gasteiger partial charge in [0.25, 0.3) is 0 Å². The topological polar surface area (TPSA) is 62.8 Å². The first-order valence-corrected chi connectivity index (χ1v) is 8.39. The molecule has 0 saturated carbocycles. The Labute approximate surface area is 161 Å². The van der Waals surface area contributed by atoms with E-state index in [1.54, 1.807) is 35.2 Å². The number of nitrogens with zero attached hydrogens (tertiary/aromatic N) is 2. The number of aliphatic hydroxyl groups excluding tert-OH is 1. The number of halogens is 2. The monoisotopic (exact) mass is 392 g/mol. The summed E-state index contributed by atoms with van der Waals surface area (Å²) in [5, 5.41) is 9.49. The Kier molecular flexibility index (Phi) is 7.51. The number of carbonyl (C=O) groups excluding carboxylic acids is 1. The molecule has 1 N–H and O–H groups in total. The van der Waals surface area contributed by atoms with Crippen molar-refractivity contribution in [3.8, 4) is 5.75 Å². The number of aromatic nitrogens is 1. The van der Waals surface area contributed by atoms with Gasteiger partial charge in [-0.1, -0.05) is 6.08 Å². The van der Waals surface area contributed by atoms with Gasteiger partial charge in [0, 0.05) is 17.2 Å². The van der Waals surface area contributed by atoms with Crippen molar-refractivity contribution in [1.82, 2.24) is 0 Å². The number of aliphatic imine (C=N–C) groups is 1. The summed E-state index contributed by atoms with van der Waals surface area (Å²) < 4.78 is 30.4. The van der Waals surface area contributed by atoms with Crippen LogP contribution in [0.5, 0.6) is 5.75 Å². The first kappa shape index (κ1) is 20.6. The van der Waals surface area contributed by atoms with E-state index in [1.165, 1.54) is 24.3 Å². The number of rotatable bonds is 9. The Morgan fingerprint density at radius 2 is 2.04 bits per heavy atom.